The van der Waals surface area contributed by atoms with Crippen LogP contribution in [0.15, 0.2) is 42.6 Å². The second-order valence-corrected chi connectivity index (χ2v) is 5.11. The van der Waals surface area contributed by atoms with E-state index in [-0.39, 0.29) is 11.9 Å². The van der Waals surface area contributed by atoms with Crippen LogP contribution in [0.4, 0.5) is 15.9 Å². The van der Waals surface area contributed by atoms with Crippen molar-refractivity contribution < 1.29 is 4.39 Å². The molecule has 0 aliphatic rings. The molecule has 1 aromatic carbocycles. The van der Waals surface area contributed by atoms with Crippen molar-refractivity contribution in [3.63, 3.8) is 0 Å². The molecule has 1 atom stereocenters. The monoisotopic (exact) mass is 273 g/mol. The van der Waals surface area contributed by atoms with E-state index in [0.717, 1.165) is 17.1 Å². The maximum absolute atomic E-state index is 13.6. The lowest BCUT2D eigenvalue weighted by Crippen LogP contribution is -2.21. The fourth-order valence-electron chi connectivity index (χ4n) is 2.18. The molecule has 2 aromatic rings. The van der Waals surface area contributed by atoms with Crippen LogP contribution in [0, 0.1) is 5.82 Å². The zero-order valence-electron chi connectivity index (χ0n) is 12.1. The average Bonchev–Trinajstić information content (AvgIpc) is 2.41. The van der Waals surface area contributed by atoms with E-state index in [1.54, 1.807) is 12.3 Å². The normalized spacial score (nSPS) is 12.0. The first-order valence-corrected chi connectivity index (χ1v) is 6.70. The van der Waals surface area contributed by atoms with Crippen LogP contribution in [0.25, 0.3) is 0 Å². The third-order valence-electron chi connectivity index (χ3n) is 3.10. The number of pyridine rings is 1. The summed E-state index contributed by atoms with van der Waals surface area (Å²) >= 11 is 0. The molecule has 0 fully saturated rings. The Morgan fingerprint density at radius 2 is 1.95 bits per heavy atom. The summed E-state index contributed by atoms with van der Waals surface area (Å²) < 4.78 is 13.6. The van der Waals surface area contributed by atoms with Gasteiger partial charge in [0, 0.05) is 26.3 Å². The molecular formula is C16H20FN3. The van der Waals surface area contributed by atoms with E-state index in [1.165, 1.54) is 6.07 Å². The van der Waals surface area contributed by atoms with Crippen LogP contribution in [-0.4, -0.2) is 25.1 Å². The first-order valence-electron chi connectivity index (χ1n) is 6.70. The number of nitrogens with one attached hydrogen (secondary N) is 1. The van der Waals surface area contributed by atoms with E-state index in [2.05, 4.69) is 10.3 Å². The molecule has 0 saturated carbocycles. The zero-order valence-corrected chi connectivity index (χ0v) is 12.1. The van der Waals surface area contributed by atoms with E-state index < -0.39 is 0 Å². The third-order valence-corrected chi connectivity index (χ3v) is 3.10. The first-order chi connectivity index (χ1) is 9.58. The van der Waals surface area contributed by atoms with Crippen LogP contribution < -0.4 is 10.2 Å². The highest BCUT2D eigenvalue weighted by Crippen LogP contribution is 2.22. The summed E-state index contributed by atoms with van der Waals surface area (Å²) in [4.78, 5) is 6.30. The van der Waals surface area contributed by atoms with Gasteiger partial charge in [-0.05, 0) is 37.1 Å². The Hall–Kier alpha value is -2.10. The standard InChI is InChI=1S/C16H20FN3/c1-12(11-13-7-4-5-8-14(13)17)19-15-9-6-10-18-16(15)20(2)3/h4-10,12,19H,11H2,1-3H3. The minimum atomic E-state index is -0.153. The molecule has 0 aliphatic heterocycles. The smallest absolute Gasteiger partial charge is 0.151 e. The van der Waals surface area contributed by atoms with Crippen molar-refractivity contribution >= 4 is 11.5 Å². The van der Waals surface area contributed by atoms with E-state index >= 15 is 0 Å². The molecule has 0 saturated heterocycles. The molecule has 1 heterocycles. The molecule has 0 radical (unpaired) electrons. The van der Waals surface area contributed by atoms with Gasteiger partial charge in [-0.2, -0.15) is 0 Å². The fourth-order valence-corrected chi connectivity index (χ4v) is 2.18. The van der Waals surface area contributed by atoms with Crippen LogP contribution in [-0.2, 0) is 6.42 Å². The third kappa shape index (κ3) is 3.47. The highest BCUT2D eigenvalue weighted by molar-refractivity contribution is 5.65. The van der Waals surface area contributed by atoms with Crippen LogP contribution in [0.3, 0.4) is 0 Å². The van der Waals surface area contributed by atoms with Gasteiger partial charge in [0.1, 0.15) is 5.82 Å². The zero-order chi connectivity index (χ0) is 14.5. The Labute approximate surface area is 119 Å². The average molecular weight is 273 g/mol. The minimum Gasteiger partial charge on any atom is -0.379 e. The van der Waals surface area contributed by atoms with Crippen LogP contribution in [0.1, 0.15) is 12.5 Å². The van der Waals surface area contributed by atoms with Gasteiger partial charge in [0.05, 0.1) is 5.69 Å². The summed E-state index contributed by atoms with van der Waals surface area (Å²) in [5.41, 5.74) is 1.68. The number of anilines is 2. The maximum atomic E-state index is 13.6. The Morgan fingerprint density at radius 1 is 1.20 bits per heavy atom. The van der Waals surface area contributed by atoms with Crippen molar-refractivity contribution in [2.45, 2.75) is 19.4 Å². The van der Waals surface area contributed by atoms with Crippen LogP contribution in [0.2, 0.25) is 0 Å². The molecular weight excluding hydrogens is 253 g/mol. The molecule has 106 valence electrons. The van der Waals surface area contributed by atoms with E-state index in [0.29, 0.717) is 6.42 Å². The highest BCUT2D eigenvalue weighted by Gasteiger charge is 2.11. The van der Waals surface area contributed by atoms with Gasteiger partial charge < -0.3 is 10.2 Å². The maximum Gasteiger partial charge on any atom is 0.151 e. The Kier molecular flexibility index (Phi) is 4.56. The summed E-state index contributed by atoms with van der Waals surface area (Å²) in [5, 5.41) is 3.40. The van der Waals surface area contributed by atoms with Gasteiger partial charge in [-0.1, -0.05) is 18.2 Å². The van der Waals surface area contributed by atoms with Crippen LogP contribution >= 0.6 is 0 Å². The molecule has 20 heavy (non-hydrogen) atoms. The molecule has 1 unspecified atom stereocenters. The predicted molar refractivity (Wildman–Crippen MR) is 81.8 cm³/mol. The van der Waals surface area contributed by atoms with Gasteiger partial charge in [-0.25, -0.2) is 9.37 Å². The van der Waals surface area contributed by atoms with Gasteiger partial charge in [0.2, 0.25) is 0 Å². The molecule has 1 N–H and O–H groups in total. The number of aromatic nitrogens is 1. The predicted octanol–water partition coefficient (Wildman–Crippen LogP) is 3.33. The summed E-state index contributed by atoms with van der Waals surface area (Å²) in [6.45, 7) is 2.04. The SMILES string of the molecule is CC(Cc1ccccc1F)Nc1cccnc1N(C)C. The summed E-state index contributed by atoms with van der Waals surface area (Å²) in [7, 11) is 3.91. The van der Waals surface area contributed by atoms with Gasteiger partial charge >= 0.3 is 0 Å². The summed E-state index contributed by atoms with van der Waals surface area (Å²) in [6, 6.07) is 10.9. The number of rotatable bonds is 5. The van der Waals surface area contributed by atoms with Gasteiger partial charge in [0.25, 0.3) is 0 Å². The second-order valence-electron chi connectivity index (χ2n) is 5.11. The lowest BCUT2D eigenvalue weighted by molar-refractivity contribution is 0.601. The van der Waals surface area contributed by atoms with E-state index in [4.69, 9.17) is 0 Å². The van der Waals surface area contributed by atoms with Crippen molar-refractivity contribution in [1.29, 1.82) is 0 Å². The highest BCUT2D eigenvalue weighted by atomic mass is 19.1. The topological polar surface area (TPSA) is 28.2 Å². The van der Waals surface area contributed by atoms with E-state index in [1.807, 2.05) is 50.2 Å². The number of halogens is 1. The van der Waals surface area contributed by atoms with Crippen molar-refractivity contribution in [1.82, 2.24) is 4.98 Å². The molecule has 1 aromatic heterocycles. The molecule has 0 spiro atoms. The van der Waals surface area contributed by atoms with Gasteiger partial charge in [-0.15, -0.1) is 0 Å². The Balaban J connectivity index is 2.09. The molecule has 0 bridgehead atoms. The number of hydrogen-bond acceptors (Lipinski definition) is 3. The van der Waals surface area contributed by atoms with E-state index in [9.17, 15) is 4.39 Å². The van der Waals surface area contributed by atoms with Crippen molar-refractivity contribution in [3.8, 4) is 0 Å². The molecule has 2 rings (SSSR count). The molecule has 4 heteroatoms. The lowest BCUT2D eigenvalue weighted by Gasteiger charge is -2.21. The van der Waals surface area contributed by atoms with Crippen molar-refractivity contribution in [3.05, 3.63) is 54.0 Å². The lowest BCUT2D eigenvalue weighted by atomic mass is 10.1. The fraction of sp³-hybridized carbons (Fsp3) is 0.312. The van der Waals surface area contributed by atoms with Crippen molar-refractivity contribution in [2.24, 2.45) is 0 Å². The van der Waals surface area contributed by atoms with Crippen LogP contribution in [0.5, 0.6) is 0 Å². The minimum absolute atomic E-state index is 0.120. The Bertz CT molecular complexity index is 569. The molecule has 0 aliphatic carbocycles. The second kappa shape index (κ2) is 6.37. The quantitative estimate of drug-likeness (QED) is 0.905. The summed E-state index contributed by atoms with van der Waals surface area (Å²) in [6.07, 6.45) is 2.40. The molecule has 0 amide bonds. The largest absolute Gasteiger partial charge is 0.379 e. The van der Waals surface area contributed by atoms with Crippen molar-refractivity contribution in [2.75, 3.05) is 24.3 Å². The van der Waals surface area contributed by atoms with Gasteiger partial charge in [0.15, 0.2) is 5.82 Å². The molecule has 3 nitrogen and oxygen atoms in total. The number of nitrogens with zero attached hydrogens (tertiary/aromatic N) is 2. The van der Waals surface area contributed by atoms with Gasteiger partial charge in [-0.3, -0.25) is 0 Å². The summed E-state index contributed by atoms with van der Waals surface area (Å²) in [5.74, 6) is 0.730. The first kappa shape index (κ1) is 14.3. The number of benzene rings is 1. The Morgan fingerprint density at radius 3 is 2.65 bits per heavy atom. The number of hydrogen-bond donors (Lipinski definition) is 1.